The molecule has 0 aliphatic rings. The molecule has 0 atom stereocenters. The standard InChI is InChI=1S/C34H59N2/c1-3-5-7-9-11-13-15-16-18-20-25-29-34-35(31-32-36(34)33-27-23-22-24-28-33)30-26-21-19-17-14-12-10-8-6-4-2/h22-24,27-28,31-32H,3-21,25-26,29-30H2,1-2H3/q+1. The Kier molecular flexibility index (Phi) is 18.3. The zero-order valence-corrected chi connectivity index (χ0v) is 24.2. The van der Waals surface area contributed by atoms with Crippen molar-refractivity contribution < 1.29 is 4.57 Å². The van der Waals surface area contributed by atoms with Crippen molar-refractivity contribution in [3.05, 3.63) is 48.5 Å². The Morgan fingerprint density at radius 3 is 1.47 bits per heavy atom. The van der Waals surface area contributed by atoms with Crippen LogP contribution in [0.4, 0.5) is 0 Å². The monoisotopic (exact) mass is 495 g/mol. The molecule has 2 aromatic rings. The summed E-state index contributed by atoms with van der Waals surface area (Å²) in [7, 11) is 0. The van der Waals surface area contributed by atoms with E-state index in [1.54, 1.807) is 0 Å². The second-order valence-corrected chi connectivity index (χ2v) is 11.1. The van der Waals surface area contributed by atoms with Gasteiger partial charge in [0.1, 0.15) is 18.1 Å². The van der Waals surface area contributed by atoms with Crippen LogP contribution in [0.1, 0.15) is 155 Å². The zero-order chi connectivity index (χ0) is 25.5. The number of para-hydroxylation sites is 1. The molecule has 1 aromatic heterocycles. The Balaban J connectivity index is 1.68. The van der Waals surface area contributed by atoms with Gasteiger partial charge in [-0.15, -0.1) is 0 Å². The molecule has 0 N–H and O–H groups in total. The lowest BCUT2D eigenvalue weighted by atomic mass is 10.1. The summed E-state index contributed by atoms with van der Waals surface area (Å²) in [4.78, 5) is 0. The number of aromatic nitrogens is 2. The van der Waals surface area contributed by atoms with Crippen molar-refractivity contribution in [2.24, 2.45) is 0 Å². The van der Waals surface area contributed by atoms with Gasteiger partial charge in [0, 0.05) is 6.42 Å². The van der Waals surface area contributed by atoms with E-state index >= 15 is 0 Å². The predicted octanol–water partition coefficient (Wildman–Crippen LogP) is 10.5. The second-order valence-electron chi connectivity index (χ2n) is 11.1. The molecule has 0 bridgehead atoms. The number of rotatable bonds is 24. The molecule has 2 nitrogen and oxygen atoms in total. The van der Waals surface area contributed by atoms with Crippen LogP contribution in [-0.4, -0.2) is 4.57 Å². The molecule has 2 rings (SSSR count). The third-order valence-electron chi connectivity index (χ3n) is 7.80. The number of imidazole rings is 1. The van der Waals surface area contributed by atoms with Gasteiger partial charge in [0.2, 0.25) is 0 Å². The normalized spacial score (nSPS) is 11.4. The highest BCUT2D eigenvalue weighted by Gasteiger charge is 2.18. The predicted molar refractivity (Wildman–Crippen MR) is 158 cm³/mol. The van der Waals surface area contributed by atoms with Crippen LogP contribution < -0.4 is 4.57 Å². The van der Waals surface area contributed by atoms with E-state index in [0.29, 0.717) is 0 Å². The summed E-state index contributed by atoms with van der Waals surface area (Å²) < 4.78 is 4.99. The summed E-state index contributed by atoms with van der Waals surface area (Å²) in [5.74, 6) is 1.49. The third-order valence-corrected chi connectivity index (χ3v) is 7.80. The van der Waals surface area contributed by atoms with E-state index in [9.17, 15) is 0 Å². The summed E-state index contributed by atoms with van der Waals surface area (Å²) in [6.45, 7) is 5.77. The van der Waals surface area contributed by atoms with Crippen LogP contribution in [0.15, 0.2) is 42.7 Å². The van der Waals surface area contributed by atoms with Crippen molar-refractivity contribution in [3.8, 4) is 5.69 Å². The molecule has 0 fully saturated rings. The minimum absolute atomic E-state index is 1.17. The van der Waals surface area contributed by atoms with E-state index in [2.05, 4.69) is 65.7 Å². The number of unbranched alkanes of at least 4 members (excludes halogenated alkanes) is 19. The summed E-state index contributed by atoms with van der Waals surface area (Å²) in [5.41, 5.74) is 1.30. The summed E-state index contributed by atoms with van der Waals surface area (Å²) in [5, 5.41) is 0. The van der Waals surface area contributed by atoms with Gasteiger partial charge in [-0.1, -0.05) is 148 Å². The van der Waals surface area contributed by atoms with Crippen molar-refractivity contribution in [1.29, 1.82) is 0 Å². The van der Waals surface area contributed by atoms with Gasteiger partial charge in [0.05, 0.1) is 6.54 Å². The van der Waals surface area contributed by atoms with Crippen LogP contribution in [0.25, 0.3) is 5.69 Å². The lowest BCUT2D eigenvalue weighted by Gasteiger charge is -2.07. The number of hydrogen-bond acceptors (Lipinski definition) is 0. The fourth-order valence-corrected chi connectivity index (χ4v) is 5.47. The zero-order valence-electron chi connectivity index (χ0n) is 24.2. The Morgan fingerprint density at radius 2 is 0.972 bits per heavy atom. The average Bonchev–Trinajstić information content (AvgIpc) is 3.31. The molecule has 204 valence electrons. The van der Waals surface area contributed by atoms with E-state index in [1.165, 1.54) is 159 Å². The van der Waals surface area contributed by atoms with Crippen LogP contribution in [-0.2, 0) is 13.0 Å². The highest BCUT2D eigenvalue weighted by molar-refractivity contribution is 5.31. The lowest BCUT2D eigenvalue weighted by molar-refractivity contribution is -0.704. The molecular formula is C34H59N2+. The maximum atomic E-state index is 2.55. The first kappa shape index (κ1) is 30.7. The van der Waals surface area contributed by atoms with Crippen LogP contribution in [0.3, 0.4) is 0 Å². The fourth-order valence-electron chi connectivity index (χ4n) is 5.47. The van der Waals surface area contributed by atoms with Crippen LogP contribution in [0.2, 0.25) is 0 Å². The van der Waals surface area contributed by atoms with Gasteiger partial charge in [0.15, 0.2) is 0 Å². The quantitative estimate of drug-likeness (QED) is 0.101. The van der Waals surface area contributed by atoms with Crippen LogP contribution >= 0.6 is 0 Å². The van der Waals surface area contributed by atoms with Gasteiger partial charge in [-0.05, 0) is 31.4 Å². The van der Waals surface area contributed by atoms with E-state index in [1.807, 2.05) is 0 Å². The maximum absolute atomic E-state index is 2.55. The topological polar surface area (TPSA) is 8.81 Å². The Hall–Kier alpha value is -1.57. The SMILES string of the molecule is CCCCCCCCCCCCCc1n(-c2ccccc2)cc[n+]1CCCCCCCCCCCC. The molecule has 0 aliphatic heterocycles. The number of aryl methyl sites for hydroxylation is 1. The first-order chi connectivity index (χ1) is 17.9. The minimum Gasteiger partial charge on any atom is -0.234 e. The van der Waals surface area contributed by atoms with Gasteiger partial charge < -0.3 is 0 Å². The van der Waals surface area contributed by atoms with Crippen LogP contribution in [0.5, 0.6) is 0 Å². The van der Waals surface area contributed by atoms with Gasteiger partial charge in [0.25, 0.3) is 5.82 Å². The van der Waals surface area contributed by atoms with Gasteiger partial charge >= 0.3 is 0 Å². The van der Waals surface area contributed by atoms with Gasteiger partial charge in [-0.3, -0.25) is 0 Å². The highest BCUT2D eigenvalue weighted by atomic mass is 15.1. The summed E-state index contributed by atoms with van der Waals surface area (Å²) in [6, 6.07) is 10.9. The molecular weight excluding hydrogens is 436 g/mol. The molecule has 0 spiro atoms. The van der Waals surface area contributed by atoms with E-state index in [-0.39, 0.29) is 0 Å². The van der Waals surface area contributed by atoms with Crippen molar-refractivity contribution >= 4 is 0 Å². The Labute approximate surface area is 224 Å². The Morgan fingerprint density at radius 1 is 0.528 bits per heavy atom. The molecule has 0 amide bonds. The van der Waals surface area contributed by atoms with Crippen molar-refractivity contribution in [1.82, 2.24) is 4.57 Å². The fraction of sp³-hybridized carbons (Fsp3) is 0.735. The van der Waals surface area contributed by atoms with E-state index in [4.69, 9.17) is 0 Å². The second kappa shape index (κ2) is 21.5. The van der Waals surface area contributed by atoms with Crippen molar-refractivity contribution in [2.75, 3.05) is 0 Å². The summed E-state index contributed by atoms with van der Waals surface area (Å²) >= 11 is 0. The minimum atomic E-state index is 1.17. The van der Waals surface area contributed by atoms with Crippen LogP contribution in [0, 0.1) is 0 Å². The number of benzene rings is 1. The molecule has 1 heterocycles. The molecule has 0 unspecified atom stereocenters. The van der Waals surface area contributed by atoms with E-state index in [0.717, 1.165) is 0 Å². The molecule has 36 heavy (non-hydrogen) atoms. The molecule has 0 aliphatic carbocycles. The van der Waals surface area contributed by atoms with Gasteiger partial charge in [-0.2, -0.15) is 4.57 Å². The molecule has 0 saturated carbocycles. The molecule has 1 aromatic carbocycles. The number of hydrogen-bond donors (Lipinski definition) is 0. The average molecular weight is 496 g/mol. The van der Waals surface area contributed by atoms with E-state index < -0.39 is 0 Å². The first-order valence-corrected chi connectivity index (χ1v) is 16.0. The molecule has 2 heteroatoms. The molecule has 0 radical (unpaired) electrons. The Bertz CT molecular complexity index is 733. The first-order valence-electron chi connectivity index (χ1n) is 16.0. The highest BCUT2D eigenvalue weighted by Crippen LogP contribution is 2.15. The third kappa shape index (κ3) is 13.7. The maximum Gasteiger partial charge on any atom is 0.261 e. The lowest BCUT2D eigenvalue weighted by Crippen LogP contribution is -2.37. The number of nitrogens with zero attached hydrogens (tertiary/aromatic N) is 2. The van der Waals surface area contributed by atoms with Gasteiger partial charge in [-0.25, -0.2) is 4.57 Å². The smallest absolute Gasteiger partial charge is 0.234 e. The molecule has 0 saturated heterocycles. The van der Waals surface area contributed by atoms with Crippen molar-refractivity contribution in [2.45, 2.75) is 162 Å². The summed E-state index contributed by atoms with van der Waals surface area (Å²) in [6.07, 6.45) is 35.3. The van der Waals surface area contributed by atoms with Crippen molar-refractivity contribution in [3.63, 3.8) is 0 Å². The largest absolute Gasteiger partial charge is 0.261 e.